The van der Waals surface area contributed by atoms with E-state index in [1.54, 1.807) is 0 Å². The first kappa shape index (κ1) is 13.1. The van der Waals surface area contributed by atoms with Crippen LogP contribution in [0.15, 0.2) is 30.5 Å². The molecule has 1 heterocycles. The molecule has 0 unspecified atom stereocenters. The third-order valence-electron chi connectivity index (χ3n) is 2.34. The van der Waals surface area contributed by atoms with Gasteiger partial charge < -0.3 is 16.2 Å². The largest absolute Gasteiger partial charge is 0.478 e. The van der Waals surface area contributed by atoms with Gasteiger partial charge in [0.05, 0.1) is 22.6 Å². The fraction of sp³-hybridized carbons (Fsp3) is 0. The zero-order chi connectivity index (χ0) is 14.0. The number of hydrogen-bond donors (Lipinski definition) is 3. The van der Waals surface area contributed by atoms with E-state index in [4.69, 9.17) is 22.4 Å². The summed E-state index contributed by atoms with van der Waals surface area (Å²) in [4.78, 5) is 14.9. The van der Waals surface area contributed by atoms with Gasteiger partial charge in [-0.05, 0) is 18.2 Å². The van der Waals surface area contributed by atoms with Gasteiger partial charge in [0, 0.05) is 0 Å². The molecule has 0 aliphatic rings. The predicted octanol–water partition coefficient (Wildman–Crippen LogP) is 2.90. The number of carbonyl (C=O) groups is 1. The molecule has 2 aromatic rings. The minimum absolute atomic E-state index is 0.0112. The van der Waals surface area contributed by atoms with Gasteiger partial charge in [-0.25, -0.2) is 14.2 Å². The number of benzene rings is 1. The quantitative estimate of drug-likeness (QED) is 0.805. The molecule has 0 atom stereocenters. The van der Waals surface area contributed by atoms with E-state index in [2.05, 4.69) is 10.3 Å². The summed E-state index contributed by atoms with van der Waals surface area (Å²) in [6.45, 7) is 0. The van der Waals surface area contributed by atoms with Gasteiger partial charge in [0.15, 0.2) is 5.82 Å². The number of carboxylic acid groups (broad SMARTS) is 1. The van der Waals surface area contributed by atoms with Crippen LogP contribution in [0, 0.1) is 5.82 Å². The SMILES string of the molecule is Nc1cnc(Nc2cccc(Cl)c2F)c(C(=O)O)c1. The number of nitrogen functional groups attached to an aromatic ring is 1. The molecule has 0 spiro atoms. The number of rotatable bonds is 3. The minimum Gasteiger partial charge on any atom is -0.478 e. The lowest BCUT2D eigenvalue weighted by Crippen LogP contribution is -2.07. The van der Waals surface area contributed by atoms with Crippen LogP contribution < -0.4 is 11.1 Å². The van der Waals surface area contributed by atoms with Gasteiger partial charge in [0.1, 0.15) is 11.4 Å². The second-order valence-corrected chi connectivity index (χ2v) is 4.10. The van der Waals surface area contributed by atoms with Gasteiger partial charge in [-0.1, -0.05) is 17.7 Å². The maximum absolute atomic E-state index is 13.7. The monoisotopic (exact) mass is 281 g/mol. The predicted molar refractivity (Wildman–Crippen MR) is 70.3 cm³/mol. The van der Waals surface area contributed by atoms with Crippen LogP contribution in [0.2, 0.25) is 5.02 Å². The normalized spacial score (nSPS) is 10.2. The first-order valence-electron chi connectivity index (χ1n) is 5.19. The zero-order valence-corrected chi connectivity index (χ0v) is 10.3. The van der Waals surface area contributed by atoms with Gasteiger partial charge in [-0.2, -0.15) is 0 Å². The van der Waals surface area contributed by atoms with E-state index in [0.717, 1.165) is 0 Å². The summed E-state index contributed by atoms with van der Waals surface area (Å²) in [6, 6.07) is 5.58. The number of anilines is 3. The highest BCUT2D eigenvalue weighted by atomic mass is 35.5. The molecule has 0 saturated heterocycles. The van der Waals surface area contributed by atoms with E-state index in [-0.39, 0.29) is 27.8 Å². The van der Waals surface area contributed by atoms with Crippen LogP contribution >= 0.6 is 11.6 Å². The number of nitrogens with one attached hydrogen (secondary N) is 1. The number of nitrogens with two attached hydrogens (primary N) is 1. The van der Waals surface area contributed by atoms with Crippen molar-refractivity contribution in [3.05, 3.63) is 46.9 Å². The number of halogens is 2. The highest BCUT2D eigenvalue weighted by Crippen LogP contribution is 2.26. The molecule has 1 aromatic carbocycles. The van der Waals surface area contributed by atoms with Gasteiger partial charge in [-0.3, -0.25) is 0 Å². The van der Waals surface area contributed by atoms with Gasteiger partial charge in [0.25, 0.3) is 0 Å². The summed E-state index contributed by atoms with van der Waals surface area (Å²) >= 11 is 5.64. The Morgan fingerprint density at radius 2 is 2.21 bits per heavy atom. The second-order valence-electron chi connectivity index (χ2n) is 3.70. The van der Waals surface area contributed by atoms with Crippen LogP contribution in [-0.4, -0.2) is 16.1 Å². The smallest absolute Gasteiger partial charge is 0.339 e. The molecule has 0 radical (unpaired) electrons. The lowest BCUT2D eigenvalue weighted by Gasteiger charge is -2.10. The fourth-order valence-corrected chi connectivity index (χ4v) is 1.65. The van der Waals surface area contributed by atoms with Gasteiger partial charge in [-0.15, -0.1) is 0 Å². The fourth-order valence-electron chi connectivity index (χ4n) is 1.47. The Hall–Kier alpha value is -2.34. The van der Waals surface area contributed by atoms with Crippen molar-refractivity contribution in [2.45, 2.75) is 0 Å². The van der Waals surface area contributed by atoms with Crippen LogP contribution in [0.1, 0.15) is 10.4 Å². The third kappa shape index (κ3) is 2.74. The molecule has 5 nitrogen and oxygen atoms in total. The Morgan fingerprint density at radius 3 is 2.89 bits per heavy atom. The number of carboxylic acids is 1. The maximum Gasteiger partial charge on any atom is 0.339 e. The number of nitrogens with zero attached hydrogens (tertiary/aromatic N) is 1. The van der Waals surface area contributed by atoms with Crippen LogP contribution in [0.5, 0.6) is 0 Å². The van der Waals surface area contributed by atoms with Crippen molar-refractivity contribution in [2.24, 2.45) is 0 Å². The van der Waals surface area contributed by atoms with E-state index in [0.29, 0.717) is 0 Å². The van der Waals surface area contributed by atoms with Crippen molar-refractivity contribution >= 4 is 34.8 Å². The molecule has 4 N–H and O–H groups in total. The van der Waals surface area contributed by atoms with Gasteiger partial charge in [0.2, 0.25) is 0 Å². The highest BCUT2D eigenvalue weighted by molar-refractivity contribution is 6.31. The standard InChI is InChI=1S/C12H9ClFN3O2/c13-8-2-1-3-9(10(8)14)17-11-7(12(18)19)4-6(15)5-16-11/h1-5H,15H2,(H,16,17)(H,18,19). The van der Waals surface area contributed by atoms with Crippen LogP contribution in [0.4, 0.5) is 21.6 Å². The van der Waals surface area contributed by atoms with Crippen molar-refractivity contribution < 1.29 is 14.3 Å². The topological polar surface area (TPSA) is 88.2 Å². The molecule has 0 fully saturated rings. The van der Waals surface area contributed by atoms with E-state index in [9.17, 15) is 9.18 Å². The average Bonchev–Trinajstić information content (AvgIpc) is 2.36. The Morgan fingerprint density at radius 1 is 1.47 bits per heavy atom. The molecule has 0 bridgehead atoms. The molecular formula is C12H9ClFN3O2. The van der Waals surface area contributed by atoms with E-state index >= 15 is 0 Å². The zero-order valence-electron chi connectivity index (χ0n) is 9.52. The second kappa shape index (κ2) is 5.11. The first-order valence-corrected chi connectivity index (χ1v) is 5.56. The lowest BCUT2D eigenvalue weighted by atomic mass is 10.2. The number of pyridine rings is 1. The van der Waals surface area contributed by atoms with E-state index < -0.39 is 11.8 Å². The summed E-state index contributed by atoms with van der Waals surface area (Å²) in [6.07, 6.45) is 1.28. The Labute approximate surface area is 112 Å². The molecular weight excluding hydrogens is 273 g/mol. The number of hydrogen-bond acceptors (Lipinski definition) is 4. The lowest BCUT2D eigenvalue weighted by molar-refractivity contribution is 0.0697. The Kier molecular flexibility index (Phi) is 3.52. The van der Waals surface area contributed by atoms with Crippen molar-refractivity contribution in [1.29, 1.82) is 0 Å². The summed E-state index contributed by atoms with van der Waals surface area (Å²) in [5, 5.41) is 11.5. The summed E-state index contributed by atoms with van der Waals surface area (Å²) in [5.74, 6) is -1.91. The number of aromatic nitrogens is 1. The van der Waals surface area contributed by atoms with E-state index in [1.165, 1.54) is 30.5 Å². The molecule has 0 aliphatic heterocycles. The summed E-state index contributed by atoms with van der Waals surface area (Å²) < 4.78 is 13.7. The molecule has 19 heavy (non-hydrogen) atoms. The molecule has 0 saturated carbocycles. The number of aromatic carboxylic acids is 1. The molecule has 7 heteroatoms. The van der Waals surface area contributed by atoms with Crippen LogP contribution in [-0.2, 0) is 0 Å². The van der Waals surface area contributed by atoms with E-state index in [1.807, 2.05) is 0 Å². The van der Waals surface area contributed by atoms with Crippen LogP contribution in [0.25, 0.3) is 0 Å². The van der Waals surface area contributed by atoms with Crippen molar-refractivity contribution in [3.63, 3.8) is 0 Å². The summed E-state index contributed by atoms with van der Waals surface area (Å²) in [7, 11) is 0. The van der Waals surface area contributed by atoms with Crippen LogP contribution in [0.3, 0.4) is 0 Å². The molecule has 0 aliphatic carbocycles. The molecule has 98 valence electrons. The van der Waals surface area contributed by atoms with Crippen molar-refractivity contribution in [3.8, 4) is 0 Å². The van der Waals surface area contributed by atoms with Crippen molar-refractivity contribution in [1.82, 2.24) is 4.98 Å². The third-order valence-corrected chi connectivity index (χ3v) is 2.64. The van der Waals surface area contributed by atoms with Gasteiger partial charge >= 0.3 is 5.97 Å². The minimum atomic E-state index is -1.22. The Bertz CT molecular complexity index is 649. The molecule has 1 aromatic heterocycles. The molecule has 0 amide bonds. The van der Waals surface area contributed by atoms with Crippen molar-refractivity contribution in [2.75, 3.05) is 11.1 Å². The molecule has 2 rings (SSSR count). The summed E-state index contributed by atoms with van der Waals surface area (Å²) in [5.41, 5.74) is 5.55. The Balaban J connectivity index is 2.44. The first-order chi connectivity index (χ1) is 8.99. The maximum atomic E-state index is 13.7. The highest BCUT2D eigenvalue weighted by Gasteiger charge is 2.14. The average molecular weight is 282 g/mol.